The van der Waals surface area contributed by atoms with Gasteiger partial charge in [-0.25, -0.2) is 8.78 Å². The van der Waals surface area contributed by atoms with Crippen molar-refractivity contribution in [3.63, 3.8) is 0 Å². The quantitative estimate of drug-likeness (QED) is 0.662. The summed E-state index contributed by atoms with van der Waals surface area (Å²) in [6.45, 7) is 0.757. The summed E-state index contributed by atoms with van der Waals surface area (Å²) < 4.78 is 58.2. The van der Waals surface area contributed by atoms with Crippen LogP contribution >= 0.6 is 0 Å². The number of pyridine rings is 1. The van der Waals surface area contributed by atoms with Gasteiger partial charge in [-0.1, -0.05) is 0 Å². The van der Waals surface area contributed by atoms with E-state index in [2.05, 4.69) is 15.6 Å². The van der Waals surface area contributed by atoms with Crippen LogP contribution in [0, 0.1) is 5.92 Å². The molecule has 0 radical (unpaired) electrons. The Kier molecular flexibility index (Phi) is 6.66. The molecule has 0 unspecified atom stereocenters. The molecule has 124 valence electrons. The molecule has 1 aromatic heterocycles. The Labute approximate surface area is 124 Å². The molecule has 1 aliphatic heterocycles. The van der Waals surface area contributed by atoms with Gasteiger partial charge < -0.3 is 10.6 Å². The number of piperidine rings is 1. The summed E-state index contributed by atoms with van der Waals surface area (Å²) in [6, 6.07) is 3.55. The molecule has 1 aromatic rings. The van der Waals surface area contributed by atoms with Crippen LogP contribution in [0.1, 0.15) is 6.42 Å². The van der Waals surface area contributed by atoms with Crippen molar-refractivity contribution in [1.82, 2.24) is 10.3 Å². The number of carbonyl (C=O) groups is 1. The first kappa shape index (κ1) is 18.3. The molecule has 2 N–H and O–H groups in total. The van der Waals surface area contributed by atoms with Gasteiger partial charge in [0.15, 0.2) is 0 Å². The number of nitrogens with one attached hydrogen (secondary N) is 2. The second-order valence-electron chi connectivity index (χ2n) is 4.70. The SMILES string of the molecule is FC1(F)CNCC[C@@H]1CNc1ccncc1.O=CC(F)(F)F. The number of halogens is 5. The third kappa shape index (κ3) is 6.79. The molecule has 0 saturated carbocycles. The van der Waals surface area contributed by atoms with E-state index in [1.54, 1.807) is 24.5 Å². The maximum atomic E-state index is 13.5. The highest BCUT2D eigenvalue weighted by Crippen LogP contribution is 2.29. The van der Waals surface area contributed by atoms with E-state index in [4.69, 9.17) is 4.79 Å². The van der Waals surface area contributed by atoms with Crippen molar-refractivity contribution >= 4 is 12.0 Å². The number of rotatable bonds is 3. The maximum Gasteiger partial charge on any atom is 0.446 e. The largest absolute Gasteiger partial charge is 0.446 e. The summed E-state index contributed by atoms with van der Waals surface area (Å²) in [5, 5.41) is 5.74. The van der Waals surface area contributed by atoms with Gasteiger partial charge in [0.1, 0.15) is 0 Å². The van der Waals surface area contributed by atoms with Gasteiger partial charge in [0, 0.05) is 30.5 Å². The van der Waals surface area contributed by atoms with Crippen LogP contribution in [-0.2, 0) is 4.79 Å². The average molecular weight is 325 g/mol. The Morgan fingerprint density at radius 2 is 1.95 bits per heavy atom. The van der Waals surface area contributed by atoms with E-state index in [0.29, 0.717) is 19.5 Å². The zero-order valence-electron chi connectivity index (χ0n) is 11.5. The first-order valence-electron chi connectivity index (χ1n) is 6.50. The predicted octanol–water partition coefficient (Wildman–Crippen LogP) is 2.49. The third-order valence-corrected chi connectivity index (χ3v) is 2.99. The van der Waals surface area contributed by atoms with Crippen LogP contribution in [0.5, 0.6) is 0 Å². The minimum Gasteiger partial charge on any atom is -0.384 e. The van der Waals surface area contributed by atoms with E-state index in [1.807, 2.05) is 0 Å². The van der Waals surface area contributed by atoms with Crippen LogP contribution in [0.4, 0.5) is 27.6 Å². The molecule has 0 aliphatic carbocycles. The summed E-state index contributed by atoms with van der Waals surface area (Å²) in [4.78, 5) is 12.6. The Balaban J connectivity index is 0.000000346. The number of carbonyl (C=O) groups excluding carboxylic acids is 1. The molecule has 9 heteroatoms. The number of hydrogen-bond acceptors (Lipinski definition) is 4. The molecule has 1 fully saturated rings. The van der Waals surface area contributed by atoms with Crippen LogP contribution < -0.4 is 10.6 Å². The Bertz CT molecular complexity index is 453. The van der Waals surface area contributed by atoms with E-state index in [0.717, 1.165) is 5.69 Å². The van der Waals surface area contributed by atoms with Crippen molar-refractivity contribution in [2.75, 3.05) is 25.0 Å². The van der Waals surface area contributed by atoms with Gasteiger partial charge in [0.25, 0.3) is 5.92 Å². The molecule has 0 spiro atoms. The molecule has 1 atom stereocenters. The lowest BCUT2D eigenvalue weighted by molar-refractivity contribution is -0.156. The average Bonchev–Trinajstić information content (AvgIpc) is 2.47. The van der Waals surface area contributed by atoms with Gasteiger partial charge >= 0.3 is 6.18 Å². The number of alkyl halides is 5. The summed E-state index contributed by atoms with van der Waals surface area (Å²) in [6.07, 6.45) is -1.91. The monoisotopic (exact) mass is 325 g/mol. The first-order valence-corrected chi connectivity index (χ1v) is 6.50. The number of hydrogen-bond donors (Lipinski definition) is 2. The van der Waals surface area contributed by atoms with Gasteiger partial charge in [-0.3, -0.25) is 9.78 Å². The van der Waals surface area contributed by atoms with E-state index in [1.165, 1.54) is 0 Å². The molecule has 2 heterocycles. The summed E-state index contributed by atoms with van der Waals surface area (Å²) >= 11 is 0. The van der Waals surface area contributed by atoms with Crippen molar-refractivity contribution in [2.45, 2.75) is 18.5 Å². The predicted molar refractivity (Wildman–Crippen MR) is 70.8 cm³/mol. The van der Waals surface area contributed by atoms with Crippen LogP contribution in [0.3, 0.4) is 0 Å². The molecule has 0 bridgehead atoms. The Morgan fingerprint density at radius 3 is 2.45 bits per heavy atom. The van der Waals surface area contributed by atoms with E-state index >= 15 is 0 Å². The van der Waals surface area contributed by atoms with Gasteiger partial charge in [-0.2, -0.15) is 13.2 Å². The second kappa shape index (κ2) is 8.02. The fourth-order valence-corrected chi connectivity index (χ4v) is 1.85. The molecular formula is C13H16F5N3O. The fraction of sp³-hybridized carbons (Fsp3) is 0.538. The summed E-state index contributed by atoms with van der Waals surface area (Å²) in [7, 11) is 0. The van der Waals surface area contributed by atoms with Crippen LogP contribution in [0.2, 0.25) is 0 Å². The number of anilines is 1. The minimum absolute atomic E-state index is 0.213. The van der Waals surface area contributed by atoms with Crippen LogP contribution in [0.15, 0.2) is 24.5 Å². The Hall–Kier alpha value is -1.77. The number of aldehydes is 1. The van der Waals surface area contributed by atoms with Crippen molar-refractivity contribution in [2.24, 2.45) is 5.92 Å². The number of aromatic nitrogens is 1. The van der Waals surface area contributed by atoms with Gasteiger partial charge in [-0.15, -0.1) is 0 Å². The lowest BCUT2D eigenvalue weighted by Crippen LogP contribution is -2.48. The second-order valence-corrected chi connectivity index (χ2v) is 4.70. The van der Waals surface area contributed by atoms with E-state index < -0.39 is 24.3 Å². The molecule has 0 aromatic carbocycles. The zero-order chi connectivity index (χ0) is 16.6. The van der Waals surface area contributed by atoms with Crippen LogP contribution in [0.25, 0.3) is 0 Å². The van der Waals surface area contributed by atoms with Crippen LogP contribution in [-0.4, -0.2) is 43.0 Å². The van der Waals surface area contributed by atoms with Crippen molar-refractivity contribution in [3.8, 4) is 0 Å². The molecule has 0 amide bonds. The topological polar surface area (TPSA) is 54.0 Å². The minimum atomic E-state index is -4.64. The molecule has 4 nitrogen and oxygen atoms in total. The fourth-order valence-electron chi connectivity index (χ4n) is 1.85. The normalized spacial score (nSPS) is 20.5. The molecular weight excluding hydrogens is 309 g/mol. The van der Waals surface area contributed by atoms with E-state index in [-0.39, 0.29) is 6.54 Å². The van der Waals surface area contributed by atoms with Gasteiger partial charge in [0.2, 0.25) is 6.29 Å². The lowest BCUT2D eigenvalue weighted by Gasteiger charge is -2.32. The molecule has 1 saturated heterocycles. The van der Waals surface area contributed by atoms with Crippen molar-refractivity contribution in [3.05, 3.63) is 24.5 Å². The maximum absolute atomic E-state index is 13.5. The highest BCUT2D eigenvalue weighted by Gasteiger charge is 2.41. The van der Waals surface area contributed by atoms with Gasteiger partial charge in [0.05, 0.1) is 6.54 Å². The smallest absolute Gasteiger partial charge is 0.384 e. The third-order valence-electron chi connectivity index (χ3n) is 2.99. The Morgan fingerprint density at radius 1 is 1.36 bits per heavy atom. The molecule has 2 rings (SSSR count). The highest BCUT2D eigenvalue weighted by molar-refractivity contribution is 5.56. The van der Waals surface area contributed by atoms with Crippen molar-refractivity contribution in [1.29, 1.82) is 0 Å². The summed E-state index contributed by atoms with van der Waals surface area (Å²) in [5.41, 5.74) is 0.837. The summed E-state index contributed by atoms with van der Waals surface area (Å²) in [5.74, 6) is -3.21. The lowest BCUT2D eigenvalue weighted by atomic mass is 9.94. The zero-order valence-corrected chi connectivity index (χ0v) is 11.5. The van der Waals surface area contributed by atoms with Gasteiger partial charge in [-0.05, 0) is 25.1 Å². The molecule has 1 aliphatic rings. The first-order chi connectivity index (χ1) is 10.2. The highest BCUT2D eigenvalue weighted by atomic mass is 19.4. The number of nitrogens with zero attached hydrogens (tertiary/aromatic N) is 1. The van der Waals surface area contributed by atoms with Crippen molar-refractivity contribution < 1.29 is 26.7 Å². The van der Waals surface area contributed by atoms with E-state index in [9.17, 15) is 22.0 Å². The standard InChI is InChI=1S/C11H15F2N3.C2HF3O/c12-11(13)8-15-4-1-9(11)7-16-10-2-5-14-6-3-10;3-2(4,5)1-6/h2-3,5-6,9,15H,1,4,7-8H2,(H,14,16);1H/t9-;/m1./s1. The molecule has 22 heavy (non-hydrogen) atoms.